The number of carbonyl (C=O) groups excluding carboxylic acids is 1. The Bertz CT molecular complexity index is 1690. The normalized spacial score (nSPS) is 11.6. The molecule has 9 heteroatoms. The summed E-state index contributed by atoms with van der Waals surface area (Å²) in [7, 11) is 0. The highest BCUT2D eigenvalue weighted by molar-refractivity contribution is 9.10. The van der Waals surface area contributed by atoms with E-state index in [1.54, 1.807) is 36.4 Å². The fourth-order valence-corrected chi connectivity index (χ4v) is 4.08. The van der Waals surface area contributed by atoms with E-state index in [1.807, 2.05) is 12.1 Å². The summed E-state index contributed by atoms with van der Waals surface area (Å²) in [6.45, 7) is 0. The molecule has 180 valence electrons. The number of carbonyl (C=O) groups is 1. The van der Waals surface area contributed by atoms with Gasteiger partial charge in [0.05, 0.1) is 10.9 Å². The van der Waals surface area contributed by atoms with Crippen molar-refractivity contribution in [2.75, 3.05) is 0 Å². The van der Waals surface area contributed by atoms with Crippen LogP contribution < -0.4 is 14.9 Å². The van der Waals surface area contributed by atoms with Crippen molar-refractivity contribution in [3.05, 3.63) is 111 Å². The third-order valence-electron chi connectivity index (χ3n) is 5.32. The smallest absolute Gasteiger partial charge is 0.449 e. The summed E-state index contributed by atoms with van der Waals surface area (Å²) in [4.78, 5) is 25.5. The number of benzene rings is 4. The molecule has 0 N–H and O–H groups in total. The van der Waals surface area contributed by atoms with Crippen molar-refractivity contribution < 1.29 is 31.9 Å². The quantitative estimate of drug-likeness (QED) is 0.168. The van der Waals surface area contributed by atoms with Crippen LogP contribution in [0.2, 0.25) is 0 Å². The minimum atomic E-state index is -5.03. The number of fused-ring (bicyclic) bond motifs is 2. The monoisotopic (exact) mass is 554 g/mol. The van der Waals surface area contributed by atoms with Gasteiger partial charge in [0.15, 0.2) is 0 Å². The van der Waals surface area contributed by atoms with Gasteiger partial charge in [-0.2, -0.15) is 13.2 Å². The Labute approximate surface area is 209 Å². The van der Waals surface area contributed by atoms with Crippen LogP contribution in [-0.2, 0) is 6.18 Å². The standard InChI is InChI=1S/C27H14BrF3O5/c28-21-8-4-3-7-19(21)26(33)35-18-11-12-20-22(14-18)36-25(27(29,30)31)24(23(20)32)34-17-10-9-15-5-1-2-6-16(15)13-17/h1-14H. The van der Waals surface area contributed by atoms with Crippen LogP contribution in [0.1, 0.15) is 16.1 Å². The number of esters is 1. The highest BCUT2D eigenvalue weighted by Gasteiger charge is 2.40. The highest BCUT2D eigenvalue weighted by Crippen LogP contribution is 2.39. The molecule has 0 fully saturated rings. The Balaban J connectivity index is 1.56. The molecule has 36 heavy (non-hydrogen) atoms. The van der Waals surface area contributed by atoms with Gasteiger partial charge in [-0.3, -0.25) is 4.79 Å². The second-order valence-corrected chi connectivity index (χ2v) is 8.58. The van der Waals surface area contributed by atoms with Crippen molar-refractivity contribution >= 4 is 43.6 Å². The average molecular weight is 555 g/mol. The lowest BCUT2D eigenvalue weighted by Gasteiger charge is -2.14. The molecule has 4 aromatic carbocycles. The van der Waals surface area contributed by atoms with Crippen molar-refractivity contribution in [3.63, 3.8) is 0 Å². The fourth-order valence-electron chi connectivity index (χ4n) is 3.64. The molecule has 0 amide bonds. The molecule has 1 heterocycles. The fraction of sp³-hybridized carbons (Fsp3) is 0.0370. The van der Waals surface area contributed by atoms with Gasteiger partial charge >= 0.3 is 12.1 Å². The Morgan fingerprint density at radius 1 is 0.833 bits per heavy atom. The van der Waals surface area contributed by atoms with Gasteiger partial charge in [-0.15, -0.1) is 0 Å². The minimum absolute atomic E-state index is 0.0461. The first-order valence-electron chi connectivity index (χ1n) is 10.5. The lowest BCUT2D eigenvalue weighted by molar-refractivity contribution is -0.154. The second-order valence-electron chi connectivity index (χ2n) is 7.73. The maximum Gasteiger partial charge on any atom is 0.453 e. The molecule has 0 spiro atoms. The molecule has 0 aliphatic carbocycles. The summed E-state index contributed by atoms with van der Waals surface area (Å²) >= 11 is 3.24. The third-order valence-corrected chi connectivity index (χ3v) is 6.02. The molecule has 0 bridgehead atoms. The Morgan fingerprint density at radius 2 is 1.53 bits per heavy atom. The molecular weight excluding hydrogens is 541 g/mol. The zero-order valence-electron chi connectivity index (χ0n) is 18.1. The van der Waals surface area contributed by atoms with Crippen molar-refractivity contribution in [2.45, 2.75) is 6.18 Å². The molecule has 0 aliphatic heterocycles. The molecule has 5 nitrogen and oxygen atoms in total. The molecule has 5 aromatic rings. The first-order chi connectivity index (χ1) is 17.2. The maximum absolute atomic E-state index is 13.9. The summed E-state index contributed by atoms with van der Waals surface area (Å²) in [5.41, 5.74) is -1.20. The Morgan fingerprint density at radius 3 is 2.28 bits per heavy atom. The van der Waals surface area contributed by atoms with E-state index in [1.165, 1.54) is 30.3 Å². The van der Waals surface area contributed by atoms with Crippen LogP contribution in [0.15, 0.2) is 98.6 Å². The third kappa shape index (κ3) is 4.57. The van der Waals surface area contributed by atoms with Gasteiger partial charge in [-0.05, 0) is 63.1 Å². The van der Waals surface area contributed by atoms with E-state index >= 15 is 0 Å². The van der Waals surface area contributed by atoms with E-state index < -0.39 is 34.7 Å². The number of ether oxygens (including phenoxy) is 2. The van der Waals surface area contributed by atoms with Crippen molar-refractivity contribution in [1.29, 1.82) is 0 Å². The van der Waals surface area contributed by atoms with E-state index in [9.17, 15) is 22.8 Å². The summed E-state index contributed by atoms with van der Waals surface area (Å²) in [5, 5.41) is 1.42. The van der Waals surface area contributed by atoms with Gasteiger partial charge in [0.1, 0.15) is 17.1 Å². The zero-order chi connectivity index (χ0) is 25.4. The van der Waals surface area contributed by atoms with Gasteiger partial charge in [-0.1, -0.05) is 42.5 Å². The van der Waals surface area contributed by atoms with Crippen molar-refractivity contribution in [3.8, 4) is 17.2 Å². The largest absolute Gasteiger partial charge is 0.453 e. The van der Waals surface area contributed by atoms with E-state index in [2.05, 4.69) is 15.9 Å². The van der Waals surface area contributed by atoms with Gasteiger partial charge in [-0.25, -0.2) is 4.79 Å². The predicted molar refractivity (Wildman–Crippen MR) is 131 cm³/mol. The van der Waals surface area contributed by atoms with Crippen LogP contribution in [0, 0.1) is 0 Å². The van der Waals surface area contributed by atoms with Gasteiger partial charge < -0.3 is 13.9 Å². The number of hydrogen-bond donors (Lipinski definition) is 0. The number of hydrogen-bond acceptors (Lipinski definition) is 5. The van der Waals surface area contributed by atoms with Crippen LogP contribution in [0.25, 0.3) is 21.7 Å². The molecule has 0 saturated heterocycles. The van der Waals surface area contributed by atoms with E-state index in [-0.39, 0.29) is 22.4 Å². The second kappa shape index (κ2) is 9.16. The van der Waals surface area contributed by atoms with Crippen LogP contribution in [0.5, 0.6) is 17.2 Å². The molecule has 0 unspecified atom stereocenters. The number of rotatable bonds is 4. The van der Waals surface area contributed by atoms with Crippen molar-refractivity contribution in [2.24, 2.45) is 0 Å². The van der Waals surface area contributed by atoms with Crippen LogP contribution in [-0.4, -0.2) is 5.97 Å². The molecule has 0 aliphatic rings. The lowest BCUT2D eigenvalue weighted by Crippen LogP contribution is -2.15. The molecule has 0 saturated carbocycles. The maximum atomic E-state index is 13.9. The first-order valence-corrected chi connectivity index (χ1v) is 11.3. The highest BCUT2D eigenvalue weighted by atomic mass is 79.9. The number of halogens is 4. The first kappa shape index (κ1) is 23.6. The summed E-state index contributed by atoms with van der Waals surface area (Å²) in [6, 6.07) is 22.0. The number of alkyl halides is 3. The molecule has 1 aromatic heterocycles. The van der Waals surface area contributed by atoms with Gasteiger partial charge in [0.2, 0.25) is 11.2 Å². The molecular formula is C27H14BrF3O5. The van der Waals surface area contributed by atoms with Crippen LogP contribution in [0.4, 0.5) is 13.2 Å². The summed E-state index contributed by atoms with van der Waals surface area (Å²) in [6.07, 6.45) is -5.03. The van der Waals surface area contributed by atoms with Crippen molar-refractivity contribution in [1.82, 2.24) is 0 Å². The topological polar surface area (TPSA) is 65.7 Å². The summed E-state index contributed by atoms with van der Waals surface area (Å²) < 4.78 is 57.9. The molecule has 5 rings (SSSR count). The van der Waals surface area contributed by atoms with Gasteiger partial charge in [0.25, 0.3) is 5.76 Å². The van der Waals surface area contributed by atoms with E-state index in [0.717, 1.165) is 16.8 Å². The predicted octanol–water partition coefficient (Wildman–Crippen LogP) is 7.74. The van der Waals surface area contributed by atoms with Crippen LogP contribution in [0.3, 0.4) is 0 Å². The Kier molecular flexibility index (Phi) is 6.01. The Hall–Kier alpha value is -4.11. The SMILES string of the molecule is O=C(Oc1ccc2c(=O)c(Oc3ccc4ccccc4c3)c(C(F)(F)F)oc2c1)c1ccccc1Br. The summed E-state index contributed by atoms with van der Waals surface area (Å²) in [5.74, 6) is -3.37. The van der Waals surface area contributed by atoms with E-state index in [0.29, 0.717) is 4.47 Å². The van der Waals surface area contributed by atoms with Gasteiger partial charge in [0, 0.05) is 10.5 Å². The molecule has 0 atom stereocenters. The van der Waals surface area contributed by atoms with E-state index in [4.69, 9.17) is 13.9 Å². The lowest BCUT2D eigenvalue weighted by atomic mass is 10.1. The zero-order valence-corrected chi connectivity index (χ0v) is 19.7. The minimum Gasteiger partial charge on any atom is -0.449 e. The molecule has 0 radical (unpaired) electrons. The van der Waals surface area contributed by atoms with Crippen LogP contribution >= 0.6 is 15.9 Å². The average Bonchev–Trinajstić information content (AvgIpc) is 2.85.